The van der Waals surface area contributed by atoms with Crippen molar-refractivity contribution in [2.24, 2.45) is 5.92 Å². The predicted octanol–water partition coefficient (Wildman–Crippen LogP) is 3.58. The van der Waals surface area contributed by atoms with Gasteiger partial charge in [-0.1, -0.05) is 37.6 Å². The van der Waals surface area contributed by atoms with Gasteiger partial charge in [0, 0.05) is 5.02 Å². The van der Waals surface area contributed by atoms with E-state index in [9.17, 15) is 4.79 Å². The van der Waals surface area contributed by atoms with Gasteiger partial charge in [-0.15, -0.1) is 0 Å². The number of hydrogen-bond donors (Lipinski definition) is 0. The Bertz CT molecular complexity index is 353. The minimum atomic E-state index is 0.242. The van der Waals surface area contributed by atoms with Crippen LogP contribution in [0.25, 0.3) is 6.08 Å². The number of benzene rings is 1. The first-order chi connectivity index (χ1) is 6.63. The quantitative estimate of drug-likeness (QED) is 0.548. The highest BCUT2D eigenvalue weighted by molar-refractivity contribution is 6.30. The molecule has 0 spiro atoms. The van der Waals surface area contributed by atoms with Gasteiger partial charge >= 0.3 is 0 Å². The van der Waals surface area contributed by atoms with E-state index in [0.717, 1.165) is 17.4 Å². The first-order valence-corrected chi connectivity index (χ1v) is 4.93. The number of carbonyl (C=O) groups excluding carboxylic acids is 1. The van der Waals surface area contributed by atoms with Crippen LogP contribution < -0.4 is 0 Å². The summed E-state index contributed by atoms with van der Waals surface area (Å²) in [6.45, 7) is 3.98. The number of allylic oxidation sites excluding steroid dienone is 1. The van der Waals surface area contributed by atoms with Crippen molar-refractivity contribution in [1.29, 1.82) is 0 Å². The molecule has 0 aliphatic rings. The second kappa shape index (κ2) is 4.97. The van der Waals surface area contributed by atoms with Crippen LogP contribution in [0.4, 0.5) is 0 Å². The summed E-state index contributed by atoms with van der Waals surface area (Å²) in [4.78, 5) is 10.7. The number of hydrogen-bond acceptors (Lipinski definition) is 1. The molecule has 1 rings (SSSR count). The molecule has 14 heavy (non-hydrogen) atoms. The first kappa shape index (κ1) is 11.0. The van der Waals surface area contributed by atoms with Crippen LogP contribution in [0.5, 0.6) is 0 Å². The summed E-state index contributed by atoms with van der Waals surface area (Å²) in [5.74, 6) is 0.242. The molecule has 0 heterocycles. The van der Waals surface area contributed by atoms with Gasteiger partial charge in [0.1, 0.15) is 6.29 Å². The zero-order valence-corrected chi connectivity index (χ0v) is 9.08. The number of rotatable bonds is 3. The van der Waals surface area contributed by atoms with Crippen molar-refractivity contribution in [3.63, 3.8) is 0 Å². The lowest BCUT2D eigenvalue weighted by Gasteiger charge is -2.03. The van der Waals surface area contributed by atoms with E-state index in [-0.39, 0.29) is 5.92 Å². The smallest absolute Gasteiger partial charge is 0.146 e. The Kier molecular flexibility index (Phi) is 3.90. The fourth-order valence-electron chi connectivity index (χ4n) is 1.13. The van der Waals surface area contributed by atoms with E-state index in [1.807, 2.05) is 44.2 Å². The molecule has 1 aromatic carbocycles. The Hall–Kier alpha value is -1.08. The standard InChI is InChI=1S/C12H13ClO/c1-9(2)11(8-14)6-10-4-3-5-12(13)7-10/h3-9H,1-2H3. The molecule has 0 amide bonds. The zero-order valence-electron chi connectivity index (χ0n) is 8.33. The Balaban J connectivity index is 3.00. The lowest BCUT2D eigenvalue weighted by Crippen LogP contribution is -1.94. The van der Waals surface area contributed by atoms with Gasteiger partial charge in [-0.2, -0.15) is 0 Å². The molecule has 0 radical (unpaired) electrons. The van der Waals surface area contributed by atoms with Crippen molar-refractivity contribution >= 4 is 24.0 Å². The van der Waals surface area contributed by atoms with E-state index in [0.29, 0.717) is 5.02 Å². The van der Waals surface area contributed by atoms with Crippen molar-refractivity contribution in [2.75, 3.05) is 0 Å². The fraction of sp³-hybridized carbons (Fsp3) is 0.250. The number of halogens is 1. The molecule has 0 aliphatic carbocycles. The van der Waals surface area contributed by atoms with Gasteiger partial charge in [0.2, 0.25) is 0 Å². The van der Waals surface area contributed by atoms with E-state index in [2.05, 4.69) is 0 Å². The molecular weight excluding hydrogens is 196 g/mol. The third kappa shape index (κ3) is 3.00. The topological polar surface area (TPSA) is 17.1 Å². The third-order valence-corrected chi connectivity index (χ3v) is 2.22. The second-order valence-corrected chi connectivity index (χ2v) is 3.91. The minimum absolute atomic E-state index is 0.242. The van der Waals surface area contributed by atoms with Crippen molar-refractivity contribution < 1.29 is 4.79 Å². The molecular formula is C12H13ClO. The van der Waals surface area contributed by atoms with Gasteiger partial charge in [0.05, 0.1) is 0 Å². The fourth-order valence-corrected chi connectivity index (χ4v) is 1.32. The monoisotopic (exact) mass is 208 g/mol. The van der Waals surface area contributed by atoms with E-state index < -0.39 is 0 Å². The van der Waals surface area contributed by atoms with Gasteiger partial charge in [-0.25, -0.2) is 0 Å². The molecule has 1 aromatic rings. The van der Waals surface area contributed by atoms with Crippen molar-refractivity contribution in [3.8, 4) is 0 Å². The van der Waals surface area contributed by atoms with Gasteiger partial charge in [-0.3, -0.25) is 4.79 Å². The maximum absolute atomic E-state index is 10.7. The van der Waals surface area contributed by atoms with Crippen molar-refractivity contribution in [3.05, 3.63) is 40.4 Å². The molecule has 2 heteroatoms. The third-order valence-electron chi connectivity index (χ3n) is 1.98. The van der Waals surface area contributed by atoms with E-state index in [4.69, 9.17) is 11.6 Å². The van der Waals surface area contributed by atoms with E-state index >= 15 is 0 Å². The highest BCUT2D eigenvalue weighted by atomic mass is 35.5. The Labute approximate surface area is 89.4 Å². The molecule has 0 atom stereocenters. The van der Waals surface area contributed by atoms with Gasteiger partial charge in [0.25, 0.3) is 0 Å². The molecule has 0 unspecified atom stereocenters. The summed E-state index contributed by atoms with van der Waals surface area (Å²) in [7, 11) is 0. The van der Waals surface area contributed by atoms with Gasteiger partial charge < -0.3 is 0 Å². The normalized spacial score (nSPS) is 11.9. The van der Waals surface area contributed by atoms with Crippen molar-refractivity contribution in [1.82, 2.24) is 0 Å². The minimum Gasteiger partial charge on any atom is -0.298 e. The van der Waals surface area contributed by atoms with Crippen LogP contribution in [0.2, 0.25) is 5.02 Å². The summed E-state index contributed by atoms with van der Waals surface area (Å²) in [5.41, 5.74) is 1.75. The number of carbonyl (C=O) groups is 1. The molecule has 1 nitrogen and oxygen atoms in total. The maximum atomic E-state index is 10.7. The maximum Gasteiger partial charge on any atom is 0.146 e. The van der Waals surface area contributed by atoms with Crippen LogP contribution in [-0.4, -0.2) is 6.29 Å². The zero-order chi connectivity index (χ0) is 10.6. The lowest BCUT2D eigenvalue weighted by molar-refractivity contribution is -0.105. The van der Waals surface area contributed by atoms with Crippen molar-refractivity contribution in [2.45, 2.75) is 13.8 Å². The Morgan fingerprint density at radius 1 is 1.43 bits per heavy atom. The number of aldehydes is 1. The molecule has 74 valence electrons. The Morgan fingerprint density at radius 3 is 2.64 bits per heavy atom. The van der Waals surface area contributed by atoms with Crippen LogP contribution in [0, 0.1) is 5.92 Å². The molecule has 0 N–H and O–H groups in total. The molecule has 0 saturated heterocycles. The van der Waals surface area contributed by atoms with Crippen LogP contribution in [-0.2, 0) is 4.79 Å². The van der Waals surface area contributed by atoms with Gasteiger partial charge in [0.15, 0.2) is 0 Å². The average Bonchev–Trinajstić information content (AvgIpc) is 2.14. The van der Waals surface area contributed by atoms with Gasteiger partial charge in [-0.05, 0) is 35.3 Å². The highest BCUT2D eigenvalue weighted by Gasteiger charge is 2.01. The molecule has 0 aliphatic heterocycles. The summed E-state index contributed by atoms with van der Waals surface area (Å²) < 4.78 is 0. The summed E-state index contributed by atoms with van der Waals surface area (Å²) >= 11 is 5.83. The van der Waals surface area contributed by atoms with E-state index in [1.54, 1.807) is 0 Å². The lowest BCUT2D eigenvalue weighted by atomic mass is 10.0. The van der Waals surface area contributed by atoms with Crippen LogP contribution in [0.1, 0.15) is 19.4 Å². The summed E-state index contributed by atoms with van der Waals surface area (Å²) in [6.07, 6.45) is 2.76. The van der Waals surface area contributed by atoms with Crippen LogP contribution in [0.3, 0.4) is 0 Å². The summed E-state index contributed by atoms with van der Waals surface area (Å²) in [5, 5.41) is 0.688. The Morgan fingerprint density at radius 2 is 2.14 bits per heavy atom. The largest absolute Gasteiger partial charge is 0.298 e. The SMILES string of the molecule is CC(C)C(C=O)=Cc1cccc(Cl)c1. The predicted molar refractivity (Wildman–Crippen MR) is 60.3 cm³/mol. The average molecular weight is 209 g/mol. The van der Waals surface area contributed by atoms with E-state index in [1.165, 1.54) is 0 Å². The molecule has 0 bridgehead atoms. The highest BCUT2D eigenvalue weighted by Crippen LogP contribution is 2.16. The summed E-state index contributed by atoms with van der Waals surface area (Å²) in [6, 6.07) is 7.46. The van der Waals surface area contributed by atoms with Crippen LogP contribution >= 0.6 is 11.6 Å². The molecule has 0 saturated carbocycles. The first-order valence-electron chi connectivity index (χ1n) is 4.56. The van der Waals surface area contributed by atoms with Crippen LogP contribution in [0.15, 0.2) is 29.8 Å². The molecule has 0 fully saturated rings. The second-order valence-electron chi connectivity index (χ2n) is 3.47. The molecule has 0 aromatic heterocycles.